The maximum absolute atomic E-state index is 11.2. The minimum Gasteiger partial charge on any atom is -0.357 e. The van der Waals surface area contributed by atoms with Crippen LogP contribution in [-0.2, 0) is 0 Å². The SMILES string of the molecule is CNC(=O)c1cc(C)nc(NC)n1. The van der Waals surface area contributed by atoms with Crippen LogP contribution in [0.3, 0.4) is 0 Å². The summed E-state index contributed by atoms with van der Waals surface area (Å²) in [5, 5.41) is 5.29. The number of nitrogens with one attached hydrogen (secondary N) is 2. The molecule has 2 N–H and O–H groups in total. The summed E-state index contributed by atoms with van der Waals surface area (Å²) in [4.78, 5) is 19.3. The molecule has 0 aliphatic rings. The Kier molecular flexibility index (Phi) is 2.79. The quantitative estimate of drug-likeness (QED) is 0.681. The number of carbonyl (C=O) groups excluding carboxylic acids is 1. The summed E-state index contributed by atoms with van der Waals surface area (Å²) in [7, 11) is 3.28. The molecule has 0 radical (unpaired) electrons. The van der Waals surface area contributed by atoms with Crippen molar-refractivity contribution < 1.29 is 4.79 Å². The monoisotopic (exact) mass is 180 g/mol. The van der Waals surface area contributed by atoms with Crippen LogP contribution in [-0.4, -0.2) is 30.0 Å². The Balaban J connectivity index is 3.08. The summed E-state index contributed by atoms with van der Waals surface area (Å²) in [6, 6.07) is 1.64. The molecule has 0 fully saturated rings. The average molecular weight is 180 g/mol. The zero-order valence-electron chi connectivity index (χ0n) is 7.88. The second-order valence-corrected chi connectivity index (χ2v) is 2.55. The van der Waals surface area contributed by atoms with Gasteiger partial charge in [-0.05, 0) is 13.0 Å². The van der Waals surface area contributed by atoms with Crippen molar-refractivity contribution >= 4 is 11.9 Å². The fraction of sp³-hybridized carbons (Fsp3) is 0.375. The van der Waals surface area contributed by atoms with E-state index in [-0.39, 0.29) is 5.91 Å². The third-order valence-electron chi connectivity index (χ3n) is 1.54. The van der Waals surface area contributed by atoms with Crippen LogP contribution in [0.15, 0.2) is 6.07 Å². The first kappa shape index (κ1) is 9.44. The summed E-state index contributed by atoms with van der Waals surface area (Å²) in [6.45, 7) is 1.81. The molecular weight excluding hydrogens is 168 g/mol. The lowest BCUT2D eigenvalue weighted by atomic mass is 10.3. The number of nitrogens with zero attached hydrogens (tertiary/aromatic N) is 2. The number of anilines is 1. The molecule has 1 heterocycles. The van der Waals surface area contributed by atoms with Gasteiger partial charge in [-0.15, -0.1) is 0 Å². The number of amides is 1. The zero-order chi connectivity index (χ0) is 9.84. The first-order chi connectivity index (χ1) is 6.17. The molecular formula is C8H12N4O. The highest BCUT2D eigenvalue weighted by molar-refractivity contribution is 5.92. The summed E-state index contributed by atoms with van der Waals surface area (Å²) < 4.78 is 0. The molecule has 0 aliphatic heterocycles. The van der Waals surface area contributed by atoms with E-state index in [9.17, 15) is 4.79 Å². The fourth-order valence-electron chi connectivity index (χ4n) is 0.925. The van der Waals surface area contributed by atoms with E-state index in [1.807, 2.05) is 6.92 Å². The molecule has 0 spiro atoms. The number of carbonyl (C=O) groups is 1. The van der Waals surface area contributed by atoms with Crippen molar-refractivity contribution in [1.82, 2.24) is 15.3 Å². The van der Waals surface area contributed by atoms with Crippen LogP contribution >= 0.6 is 0 Å². The Labute approximate surface area is 76.6 Å². The van der Waals surface area contributed by atoms with Crippen LogP contribution in [0.5, 0.6) is 0 Å². The highest BCUT2D eigenvalue weighted by Crippen LogP contribution is 2.03. The van der Waals surface area contributed by atoms with E-state index in [0.717, 1.165) is 5.69 Å². The van der Waals surface area contributed by atoms with Gasteiger partial charge < -0.3 is 10.6 Å². The Bertz CT molecular complexity index is 324. The van der Waals surface area contributed by atoms with Crippen LogP contribution in [0.25, 0.3) is 0 Å². The molecule has 0 aliphatic carbocycles. The molecule has 70 valence electrons. The second-order valence-electron chi connectivity index (χ2n) is 2.55. The standard InChI is InChI=1S/C8H12N4O/c1-5-4-6(7(13)9-2)12-8(10-3)11-5/h4H,1-3H3,(H,9,13)(H,10,11,12). The van der Waals surface area contributed by atoms with Gasteiger partial charge in [0.05, 0.1) is 0 Å². The third-order valence-corrected chi connectivity index (χ3v) is 1.54. The van der Waals surface area contributed by atoms with Crippen molar-refractivity contribution in [1.29, 1.82) is 0 Å². The van der Waals surface area contributed by atoms with Crippen molar-refractivity contribution in [3.63, 3.8) is 0 Å². The molecule has 1 amide bonds. The molecule has 1 rings (SSSR count). The van der Waals surface area contributed by atoms with Gasteiger partial charge in [-0.2, -0.15) is 0 Å². The van der Waals surface area contributed by atoms with Gasteiger partial charge >= 0.3 is 0 Å². The lowest BCUT2D eigenvalue weighted by molar-refractivity contribution is 0.0958. The molecule has 1 aromatic rings. The molecule has 1 aromatic heterocycles. The largest absolute Gasteiger partial charge is 0.357 e. The lowest BCUT2D eigenvalue weighted by Crippen LogP contribution is -2.20. The predicted molar refractivity (Wildman–Crippen MR) is 49.7 cm³/mol. The number of hydrogen-bond acceptors (Lipinski definition) is 4. The van der Waals surface area contributed by atoms with E-state index in [0.29, 0.717) is 11.6 Å². The number of hydrogen-bond donors (Lipinski definition) is 2. The van der Waals surface area contributed by atoms with Crippen molar-refractivity contribution in [3.05, 3.63) is 17.5 Å². The highest BCUT2D eigenvalue weighted by atomic mass is 16.1. The molecule has 0 unspecified atom stereocenters. The van der Waals surface area contributed by atoms with Gasteiger partial charge in [0.15, 0.2) is 0 Å². The lowest BCUT2D eigenvalue weighted by Gasteiger charge is -2.03. The summed E-state index contributed by atoms with van der Waals surface area (Å²) >= 11 is 0. The van der Waals surface area contributed by atoms with Crippen LogP contribution in [0.4, 0.5) is 5.95 Å². The van der Waals surface area contributed by atoms with Gasteiger partial charge in [0, 0.05) is 19.8 Å². The Morgan fingerprint density at radius 2 is 2.08 bits per heavy atom. The normalized spacial score (nSPS) is 9.46. The molecule has 0 saturated carbocycles. The molecule has 0 saturated heterocycles. The molecule has 13 heavy (non-hydrogen) atoms. The molecule has 0 bridgehead atoms. The van der Waals surface area contributed by atoms with Crippen LogP contribution < -0.4 is 10.6 Å². The van der Waals surface area contributed by atoms with Crippen LogP contribution in [0.1, 0.15) is 16.2 Å². The third kappa shape index (κ3) is 2.14. The number of aromatic nitrogens is 2. The Morgan fingerprint density at radius 3 is 2.62 bits per heavy atom. The molecule has 5 nitrogen and oxygen atoms in total. The smallest absolute Gasteiger partial charge is 0.269 e. The summed E-state index contributed by atoms with van der Waals surface area (Å²) in [6.07, 6.45) is 0. The van der Waals surface area contributed by atoms with E-state index >= 15 is 0 Å². The van der Waals surface area contributed by atoms with Crippen LogP contribution in [0, 0.1) is 6.92 Å². The van der Waals surface area contributed by atoms with Crippen molar-refractivity contribution in [3.8, 4) is 0 Å². The van der Waals surface area contributed by atoms with Gasteiger partial charge in [-0.3, -0.25) is 4.79 Å². The van der Waals surface area contributed by atoms with E-state index < -0.39 is 0 Å². The van der Waals surface area contributed by atoms with Crippen molar-refractivity contribution in [2.45, 2.75) is 6.92 Å². The number of rotatable bonds is 2. The minimum absolute atomic E-state index is 0.206. The first-order valence-electron chi connectivity index (χ1n) is 3.93. The maximum Gasteiger partial charge on any atom is 0.269 e. The molecule has 5 heteroatoms. The van der Waals surface area contributed by atoms with Crippen molar-refractivity contribution in [2.24, 2.45) is 0 Å². The average Bonchev–Trinajstić information content (AvgIpc) is 2.15. The Hall–Kier alpha value is -1.65. The predicted octanol–water partition coefficient (Wildman–Crippen LogP) is 0.186. The summed E-state index contributed by atoms with van der Waals surface area (Å²) in [5.41, 5.74) is 1.14. The maximum atomic E-state index is 11.2. The van der Waals surface area contributed by atoms with Gasteiger partial charge in [0.2, 0.25) is 5.95 Å². The van der Waals surface area contributed by atoms with Gasteiger partial charge in [0.1, 0.15) is 5.69 Å². The number of aryl methyl sites for hydroxylation is 1. The van der Waals surface area contributed by atoms with Gasteiger partial charge in [-0.25, -0.2) is 9.97 Å². The van der Waals surface area contributed by atoms with E-state index in [4.69, 9.17) is 0 Å². The minimum atomic E-state index is -0.206. The summed E-state index contributed by atoms with van der Waals surface area (Å²) in [5.74, 6) is 0.251. The van der Waals surface area contributed by atoms with E-state index in [1.165, 1.54) is 0 Å². The topological polar surface area (TPSA) is 66.9 Å². The van der Waals surface area contributed by atoms with E-state index in [2.05, 4.69) is 20.6 Å². The molecule has 0 aromatic carbocycles. The van der Waals surface area contributed by atoms with Crippen LogP contribution in [0.2, 0.25) is 0 Å². The van der Waals surface area contributed by atoms with E-state index in [1.54, 1.807) is 20.2 Å². The second kappa shape index (κ2) is 3.84. The highest BCUT2D eigenvalue weighted by Gasteiger charge is 2.07. The van der Waals surface area contributed by atoms with Crippen molar-refractivity contribution in [2.75, 3.05) is 19.4 Å². The zero-order valence-corrected chi connectivity index (χ0v) is 7.88. The van der Waals surface area contributed by atoms with Gasteiger partial charge in [0.25, 0.3) is 5.91 Å². The fourth-order valence-corrected chi connectivity index (χ4v) is 0.925. The molecule has 0 atom stereocenters. The Morgan fingerprint density at radius 1 is 1.38 bits per heavy atom. The first-order valence-corrected chi connectivity index (χ1v) is 3.93. The van der Waals surface area contributed by atoms with Gasteiger partial charge in [-0.1, -0.05) is 0 Å².